The van der Waals surface area contributed by atoms with E-state index in [2.05, 4.69) is 15.5 Å². The van der Waals surface area contributed by atoms with Crippen LogP contribution in [0.3, 0.4) is 0 Å². The fraction of sp³-hybridized carbons (Fsp3) is 0.333. The van der Waals surface area contributed by atoms with Crippen LogP contribution in [0.2, 0.25) is 0 Å². The van der Waals surface area contributed by atoms with E-state index in [9.17, 15) is 9.59 Å². The lowest BCUT2D eigenvalue weighted by Gasteiger charge is -2.14. The summed E-state index contributed by atoms with van der Waals surface area (Å²) in [4.78, 5) is 30.4. The molecule has 1 aliphatic heterocycles. The number of carbonyl (C=O) groups is 2. The third-order valence-electron chi connectivity index (χ3n) is 3.88. The number of nitrogens with one attached hydrogen (secondary N) is 1. The number of thioether (sulfide) groups is 1. The maximum atomic E-state index is 12.5. The Morgan fingerprint density at radius 2 is 2.26 bits per heavy atom. The number of pyridine rings is 1. The van der Waals surface area contributed by atoms with Crippen molar-refractivity contribution < 1.29 is 9.59 Å². The molecule has 118 valence electrons. The number of hydrogen-bond acceptors (Lipinski definition) is 5. The van der Waals surface area contributed by atoms with E-state index < -0.39 is 0 Å². The molecule has 1 saturated carbocycles. The number of carbonyl (C=O) groups excluding carboxylic acids is 2. The first-order valence-corrected chi connectivity index (χ1v) is 8.40. The average Bonchev–Trinajstić information content (AvgIpc) is 3.21. The number of imidazole rings is 1. The molecule has 0 unspecified atom stereocenters. The van der Waals surface area contributed by atoms with E-state index in [1.165, 1.54) is 11.8 Å². The molecule has 3 heterocycles. The van der Waals surface area contributed by atoms with Crippen molar-refractivity contribution >= 4 is 34.4 Å². The largest absolute Gasteiger partial charge is 0.295 e. The van der Waals surface area contributed by atoms with E-state index in [4.69, 9.17) is 0 Å². The molecule has 1 aliphatic carbocycles. The Bertz CT molecular complexity index is 840. The molecule has 0 aromatic carbocycles. The van der Waals surface area contributed by atoms with Crippen molar-refractivity contribution in [2.75, 3.05) is 5.75 Å². The topological polar surface area (TPSA) is 79.1 Å². The minimum atomic E-state index is -0.329. The Hall–Kier alpha value is -2.35. The average molecular weight is 329 g/mol. The van der Waals surface area contributed by atoms with Gasteiger partial charge < -0.3 is 0 Å². The van der Waals surface area contributed by atoms with Crippen molar-refractivity contribution in [3.05, 3.63) is 35.8 Å². The van der Waals surface area contributed by atoms with Gasteiger partial charge in [0.2, 0.25) is 5.91 Å². The van der Waals surface area contributed by atoms with Gasteiger partial charge in [0.25, 0.3) is 5.91 Å². The molecule has 23 heavy (non-hydrogen) atoms. The SMILES string of the molecule is Cc1nc2ccccn2c1C(=O)N/N=C1\SCC(=O)N1C1CC1. The summed E-state index contributed by atoms with van der Waals surface area (Å²) in [5, 5.41) is 4.75. The standard InChI is InChI=1S/C15H15N5O2S/c1-9-13(19-7-3-2-4-11(19)16-9)14(22)17-18-15-20(10-5-6-10)12(21)8-23-15/h2-4,7,10H,5-6,8H2,1H3,(H,17,22)/b18-15-. The normalized spacial score (nSPS) is 19.8. The number of aromatic nitrogens is 2. The number of hydrazone groups is 1. The van der Waals surface area contributed by atoms with Crippen molar-refractivity contribution in [3.63, 3.8) is 0 Å². The van der Waals surface area contributed by atoms with Crippen LogP contribution in [0.15, 0.2) is 29.5 Å². The second-order valence-corrected chi connectivity index (χ2v) is 6.54. The molecule has 1 N–H and O–H groups in total. The zero-order valence-corrected chi connectivity index (χ0v) is 13.3. The maximum Gasteiger partial charge on any atom is 0.290 e. The Kier molecular flexibility index (Phi) is 3.33. The minimum absolute atomic E-state index is 0.0662. The zero-order chi connectivity index (χ0) is 16.0. The van der Waals surface area contributed by atoms with E-state index in [0.29, 0.717) is 28.0 Å². The molecule has 0 spiro atoms. The van der Waals surface area contributed by atoms with E-state index in [0.717, 1.165) is 12.8 Å². The Morgan fingerprint density at radius 1 is 1.43 bits per heavy atom. The van der Waals surface area contributed by atoms with Crippen molar-refractivity contribution in [2.24, 2.45) is 5.10 Å². The maximum absolute atomic E-state index is 12.5. The number of amidine groups is 1. The summed E-state index contributed by atoms with van der Waals surface area (Å²) in [7, 11) is 0. The van der Waals surface area contributed by atoms with Crippen molar-refractivity contribution in [2.45, 2.75) is 25.8 Å². The smallest absolute Gasteiger partial charge is 0.290 e. The van der Waals surface area contributed by atoms with Crippen LogP contribution in [0.4, 0.5) is 0 Å². The molecule has 2 fully saturated rings. The van der Waals surface area contributed by atoms with Crippen LogP contribution >= 0.6 is 11.8 Å². The molecule has 2 aliphatic rings. The van der Waals surface area contributed by atoms with Crippen LogP contribution in [-0.2, 0) is 4.79 Å². The predicted octanol–water partition coefficient (Wildman–Crippen LogP) is 1.38. The molecule has 0 atom stereocenters. The monoisotopic (exact) mass is 329 g/mol. The first-order chi connectivity index (χ1) is 11.1. The first-order valence-electron chi connectivity index (χ1n) is 7.42. The van der Waals surface area contributed by atoms with E-state index in [1.807, 2.05) is 18.2 Å². The van der Waals surface area contributed by atoms with Gasteiger partial charge in [-0.15, -0.1) is 5.10 Å². The highest BCUT2D eigenvalue weighted by molar-refractivity contribution is 8.15. The van der Waals surface area contributed by atoms with Crippen molar-refractivity contribution in [1.82, 2.24) is 19.7 Å². The minimum Gasteiger partial charge on any atom is -0.295 e. The van der Waals surface area contributed by atoms with Gasteiger partial charge in [0.1, 0.15) is 11.3 Å². The van der Waals surface area contributed by atoms with Crippen LogP contribution in [0.1, 0.15) is 29.0 Å². The van der Waals surface area contributed by atoms with Gasteiger partial charge in [0.05, 0.1) is 11.4 Å². The molecular formula is C15H15N5O2S. The van der Waals surface area contributed by atoms with Crippen LogP contribution < -0.4 is 5.43 Å². The quantitative estimate of drug-likeness (QED) is 0.863. The molecule has 1 saturated heterocycles. The van der Waals surface area contributed by atoms with Crippen molar-refractivity contribution in [1.29, 1.82) is 0 Å². The van der Waals surface area contributed by atoms with Crippen LogP contribution in [0.5, 0.6) is 0 Å². The van der Waals surface area contributed by atoms with Crippen molar-refractivity contribution in [3.8, 4) is 0 Å². The summed E-state index contributed by atoms with van der Waals surface area (Å²) in [6, 6.07) is 5.82. The molecule has 2 amide bonds. The Labute approximate surface area is 136 Å². The molecule has 2 aromatic heterocycles. The van der Waals surface area contributed by atoms with E-state index in [1.54, 1.807) is 22.4 Å². The molecule has 2 aromatic rings. The number of nitrogens with zero attached hydrogens (tertiary/aromatic N) is 4. The highest BCUT2D eigenvalue weighted by atomic mass is 32.2. The fourth-order valence-corrected chi connectivity index (χ4v) is 3.58. The summed E-state index contributed by atoms with van der Waals surface area (Å²) < 4.78 is 1.73. The second-order valence-electron chi connectivity index (χ2n) is 5.59. The van der Waals surface area contributed by atoms with Crippen LogP contribution in [0, 0.1) is 6.92 Å². The number of rotatable bonds is 3. The van der Waals surface area contributed by atoms with Crippen LogP contribution in [0.25, 0.3) is 5.65 Å². The Balaban J connectivity index is 1.59. The summed E-state index contributed by atoms with van der Waals surface area (Å²) in [6.45, 7) is 1.79. The number of hydrogen-bond donors (Lipinski definition) is 1. The second kappa shape index (κ2) is 5.38. The summed E-state index contributed by atoms with van der Waals surface area (Å²) in [5.74, 6) is 0.126. The molecule has 0 bridgehead atoms. The lowest BCUT2D eigenvalue weighted by Crippen LogP contribution is -2.33. The molecule has 0 radical (unpaired) electrons. The molecular weight excluding hydrogens is 314 g/mol. The fourth-order valence-electron chi connectivity index (χ4n) is 2.69. The Morgan fingerprint density at radius 3 is 3.04 bits per heavy atom. The van der Waals surface area contributed by atoms with Gasteiger partial charge in [-0.25, -0.2) is 10.4 Å². The number of amides is 2. The zero-order valence-electron chi connectivity index (χ0n) is 12.5. The predicted molar refractivity (Wildman–Crippen MR) is 87.2 cm³/mol. The number of aryl methyl sites for hydroxylation is 1. The van der Waals surface area contributed by atoms with Gasteiger partial charge in [-0.2, -0.15) is 0 Å². The van der Waals surface area contributed by atoms with Gasteiger partial charge >= 0.3 is 0 Å². The molecule has 4 rings (SSSR count). The summed E-state index contributed by atoms with van der Waals surface area (Å²) >= 11 is 1.36. The van der Waals surface area contributed by atoms with Crippen LogP contribution in [-0.4, -0.2) is 43.1 Å². The van der Waals surface area contributed by atoms with E-state index >= 15 is 0 Å². The lowest BCUT2D eigenvalue weighted by atomic mass is 10.3. The molecule has 8 heteroatoms. The highest BCUT2D eigenvalue weighted by Gasteiger charge is 2.40. The third-order valence-corrected chi connectivity index (χ3v) is 4.82. The third kappa shape index (κ3) is 2.48. The molecule has 7 nitrogen and oxygen atoms in total. The summed E-state index contributed by atoms with van der Waals surface area (Å²) in [5.41, 5.74) is 4.38. The van der Waals surface area contributed by atoms with E-state index in [-0.39, 0.29) is 17.9 Å². The first kappa shape index (κ1) is 14.3. The van der Waals surface area contributed by atoms with Gasteiger partial charge in [-0.05, 0) is 31.9 Å². The van der Waals surface area contributed by atoms with Gasteiger partial charge in [-0.1, -0.05) is 17.8 Å². The van der Waals surface area contributed by atoms with Gasteiger partial charge in [-0.3, -0.25) is 18.9 Å². The van der Waals surface area contributed by atoms with Gasteiger partial charge in [0.15, 0.2) is 5.17 Å². The number of fused-ring (bicyclic) bond motifs is 1. The van der Waals surface area contributed by atoms with Gasteiger partial charge in [0, 0.05) is 12.2 Å². The highest BCUT2D eigenvalue weighted by Crippen LogP contribution is 2.33. The summed E-state index contributed by atoms with van der Waals surface area (Å²) in [6.07, 6.45) is 3.80. The lowest BCUT2D eigenvalue weighted by molar-refractivity contribution is -0.124.